The molecule has 160 valence electrons. The zero-order chi connectivity index (χ0) is 21.1. The van der Waals surface area contributed by atoms with Crippen LogP contribution < -0.4 is 10.6 Å². The Kier molecular flexibility index (Phi) is 10.0. The Morgan fingerprint density at radius 2 is 1.90 bits per heavy atom. The number of thioether (sulfide) groups is 1. The summed E-state index contributed by atoms with van der Waals surface area (Å²) < 4.78 is 2.26. The molecule has 0 aliphatic heterocycles. The van der Waals surface area contributed by atoms with E-state index >= 15 is 0 Å². The van der Waals surface area contributed by atoms with Gasteiger partial charge in [0.1, 0.15) is 5.82 Å². The lowest BCUT2D eigenvalue weighted by atomic mass is 10.0. The van der Waals surface area contributed by atoms with Crippen LogP contribution in [0.3, 0.4) is 0 Å². The average molecular weight is 417 g/mol. The molecule has 6 nitrogen and oxygen atoms in total. The van der Waals surface area contributed by atoms with Crippen LogP contribution in [0.15, 0.2) is 40.5 Å². The van der Waals surface area contributed by atoms with Crippen LogP contribution in [0.25, 0.3) is 0 Å². The number of aromatic nitrogens is 3. The van der Waals surface area contributed by atoms with Gasteiger partial charge in [0.2, 0.25) is 0 Å². The van der Waals surface area contributed by atoms with Crippen LogP contribution in [-0.4, -0.2) is 46.6 Å². The molecule has 0 bridgehead atoms. The van der Waals surface area contributed by atoms with Gasteiger partial charge in [-0.2, -0.15) is 0 Å². The topological polar surface area (TPSA) is 67.1 Å². The summed E-state index contributed by atoms with van der Waals surface area (Å²) in [5.41, 5.74) is 1.32. The molecule has 0 aliphatic carbocycles. The zero-order valence-corrected chi connectivity index (χ0v) is 19.3. The zero-order valence-electron chi connectivity index (χ0n) is 18.5. The second kappa shape index (κ2) is 12.5. The van der Waals surface area contributed by atoms with E-state index in [0.717, 1.165) is 56.0 Å². The third-order valence-electron chi connectivity index (χ3n) is 4.63. The molecular formula is C22H36N6S. The smallest absolute Gasteiger partial charge is 0.191 e. The van der Waals surface area contributed by atoms with Crippen molar-refractivity contribution in [3.63, 3.8) is 0 Å². The van der Waals surface area contributed by atoms with Gasteiger partial charge < -0.3 is 15.2 Å². The Labute approximate surface area is 180 Å². The van der Waals surface area contributed by atoms with Crippen LogP contribution in [0.1, 0.15) is 51.4 Å². The van der Waals surface area contributed by atoms with Crippen LogP contribution in [0.5, 0.6) is 0 Å². The van der Waals surface area contributed by atoms with Crippen LogP contribution in [0.4, 0.5) is 0 Å². The summed E-state index contributed by atoms with van der Waals surface area (Å²) in [6.45, 7) is 12.2. The molecule has 0 saturated carbocycles. The van der Waals surface area contributed by atoms with Gasteiger partial charge in [0.05, 0.1) is 0 Å². The number of nitrogens with one attached hydrogen (secondary N) is 2. The largest absolute Gasteiger partial charge is 0.357 e. The minimum Gasteiger partial charge on any atom is -0.357 e. The highest BCUT2D eigenvalue weighted by molar-refractivity contribution is 7.98. The molecule has 1 aromatic carbocycles. The van der Waals surface area contributed by atoms with Crippen molar-refractivity contribution in [2.45, 2.75) is 58.2 Å². The third-order valence-corrected chi connectivity index (χ3v) is 5.30. The lowest BCUT2D eigenvalue weighted by Crippen LogP contribution is -2.38. The molecule has 0 radical (unpaired) electrons. The lowest BCUT2D eigenvalue weighted by Gasteiger charge is -2.14. The molecule has 0 spiro atoms. The first-order chi connectivity index (χ1) is 14.0. The van der Waals surface area contributed by atoms with Crippen molar-refractivity contribution in [3.8, 4) is 0 Å². The van der Waals surface area contributed by atoms with Crippen molar-refractivity contribution in [3.05, 3.63) is 41.7 Å². The van der Waals surface area contributed by atoms with Crippen molar-refractivity contribution >= 4 is 17.7 Å². The number of benzene rings is 1. The van der Waals surface area contributed by atoms with E-state index in [1.54, 1.807) is 11.8 Å². The molecule has 0 saturated heterocycles. The van der Waals surface area contributed by atoms with Gasteiger partial charge in [0, 0.05) is 38.5 Å². The average Bonchev–Trinajstić information content (AvgIpc) is 3.10. The van der Waals surface area contributed by atoms with Crippen LogP contribution >= 0.6 is 11.8 Å². The molecule has 1 unspecified atom stereocenters. The molecule has 2 aromatic rings. The van der Waals surface area contributed by atoms with E-state index in [0.29, 0.717) is 11.8 Å². The highest BCUT2D eigenvalue weighted by Crippen LogP contribution is 2.17. The van der Waals surface area contributed by atoms with E-state index in [9.17, 15) is 0 Å². The van der Waals surface area contributed by atoms with Crippen LogP contribution in [0.2, 0.25) is 0 Å². The quantitative estimate of drug-likeness (QED) is 0.251. The Balaban J connectivity index is 1.86. The van der Waals surface area contributed by atoms with E-state index in [1.165, 1.54) is 5.56 Å². The summed E-state index contributed by atoms with van der Waals surface area (Å²) in [5, 5.41) is 16.5. The van der Waals surface area contributed by atoms with E-state index < -0.39 is 0 Å². The highest BCUT2D eigenvalue weighted by atomic mass is 32.2. The van der Waals surface area contributed by atoms with Crippen LogP contribution in [-0.2, 0) is 13.0 Å². The van der Waals surface area contributed by atoms with Gasteiger partial charge in [-0.25, -0.2) is 0 Å². The summed E-state index contributed by atoms with van der Waals surface area (Å²) in [7, 11) is 0. The maximum atomic E-state index is 4.77. The maximum Gasteiger partial charge on any atom is 0.191 e. The van der Waals surface area contributed by atoms with Crippen LogP contribution in [0, 0.1) is 5.92 Å². The number of nitrogens with zero attached hydrogens (tertiary/aromatic N) is 4. The number of aryl methyl sites for hydroxylation is 1. The van der Waals surface area contributed by atoms with Gasteiger partial charge in [-0.3, -0.25) is 4.99 Å². The summed E-state index contributed by atoms with van der Waals surface area (Å²) in [6.07, 6.45) is 3.96. The molecule has 2 rings (SSSR count). The van der Waals surface area contributed by atoms with Crippen molar-refractivity contribution in [1.29, 1.82) is 0 Å². The number of rotatable bonds is 11. The van der Waals surface area contributed by atoms with Crippen molar-refractivity contribution in [2.75, 3.05) is 25.9 Å². The van der Waals surface area contributed by atoms with Gasteiger partial charge in [0.25, 0.3) is 0 Å². The Morgan fingerprint density at radius 1 is 1.14 bits per heavy atom. The highest BCUT2D eigenvalue weighted by Gasteiger charge is 2.12. The molecule has 2 N–H and O–H groups in total. The number of aliphatic imine (C=N–C) groups is 1. The second-order valence-electron chi connectivity index (χ2n) is 7.67. The molecule has 0 amide bonds. The van der Waals surface area contributed by atoms with Gasteiger partial charge in [-0.05, 0) is 31.1 Å². The Morgan fingerprint density at radius 3 is 2.55 bits per heavy atom. The monoisotopic (exact) mass is 416 g/mol. The van der Waals surface area contributed by atoms with Gasteiger partial charge in [-0.1, -0.05) is 62.9 Å². The molecule has 0 aliphatic rings. The summed E-state index contributed by atoms with van der Waals surface area (Å²) in [4.78, 5) is 4.77. The molecule has 7 heteroatoms. The molecule has 0 fully saturated rings. The fraction of sp³-hybridized carbons (Fsp3) is 0.591. The first-order valence-electron chi connectivity index (χ1n) is 10.6. The summed E-state index contributed by atoms with van der Waals surface area (Å²) in [5.74, 6) is 2.92. The molecular weight excluding hydrogens is 380 g/mol. The van der Waals surface area contributed by atoms with E-state index in [4.69, 9.17) is 4.99 Å². The fourth-order valence-electron chi connectivity index (χ4n) is 3.11. The molecule has 1 atom stereocenters. The maximum absolute atomic E-state index is 4.77. The second-order valence-corrected chi connectivity index (χ2v) is 8.44. The lowest BCUT2D eigenvalue weighted by molar-refractivity contribution is 0.477. The van der Waals surface area contributed by atoms with Gasteiger partial charge >= 0.3 is 0 Å². The molecule has 1 aromatic heterocycles. The predicted molar refractivity (Wildman–Crippen MR) is 124 cm³/mol. The number of hydrogen-bond acceptors (Lipinski definition) is 4. The molecule has 1 heterocycles. The standard InChI is InChI=1S/C22H36N6S/c1-6-23-21(25-15-18(4)19-11-8-7-9-12-19)24-14-10-13-20-26-27-22(29-5)28(20)16-17(2)3/h7-9,11-12,17-18H,6,10,13-16H2,1-5H3,(H2,23,24,25). The fourth-order valence-corrected chi connectivity index (χ4v) is 3.64. The Bertz CT molecular complexity index is 741. The minimum absolute atomic E-state index is 0.395. The van der Waals surface area contributed by atoms with Crippen molar-refractivity contribution < 1.29 is 0 Å². The Hall–Kier alpha value is -2.02. The summed E-state index contributed by atoms with van der Waals surface area (Å²) in [6, 6.07) is 10.5. The molecule has 29 heavy (non-hydrogen) atoms. The SMILES string of the molecule is CCNC(=NCC(C)c1ccccc1)NCCCc1nnc(SC)n1CC(C)C. The van der Waals surface area contributed by atoms with E-state index in [2.05, 4.69) is 89.7 Å². The van der Waals surface area contributed by atoms with Crippen molar-refractivity contribution in [1.82, 2.24) is 25.4 Å². The van der Waals surface area contributed by atoms with Gasteiger partial charge in [-0.15, -0.1) is 10.2 Å². The first-order valence-corrected chi connectivity index (χ1v) is 11.8. The number of hydrogen-bond donors (Lipinski definition) is 2. The minimum atomic E-state index is 0.395. The van der Waals surface area contributed by atoms with E-state index in [-0.39, 0.29) is 0 Å². The van der Waals surface area contributed by atoms with E-state index in [1.807, 2.05) is 0 Å². The predicted octanol–water partition coefficient (Wildman–Crippen LogP) is 3.95. The normalized spacial score (nSPS) is 13.0. The third kappa shape index (κ3) is 7.72. The first kappa shape index (κ1) is 23.3. The number of guanidine groups is 1. The van der Waals surface area contributed by atoms with Gasteiger partial charge in [0.15, 0.2) is 11.1 Å². The summed E-state index contributed by atoms with van der Waals surface area (Å²) >= 11 is 1.66. The van der Waals surface area contributed by atoms with Crippen molar-refractivity contribution in [2.24, 2.45) is 10.9 Å².